The number of esters is 3. The molecule has 0 aliphatic rings. The molecule has 0 aliphatic carbocycles. The van der Waals surface area contributed by atoms with Gasteiger partial charge in [-0.15, -0.1) is 0 Å². The average molecular weight is 1140 g/mol. The molecule has 0 radical (unpaired) electrons. The zero-order valence-electron chi connectivity index (χ0n) is 55.1. The molecule has 81 heavy (non-hydrogen) atoms. The molecule has 0 aromatic rings. The molecule has 0 aromatic heterocycles. The third-order valence-corrected chi connectivity index (χ3v) is 17.0. The molecule has 0 fully saturated rings. The summed E-state index contributed by atoms with van der Waals surface area (Å²) >= 11 is 0. The summed E-state index contributed by atoms with van der Waals surface area (Å²) < 4.78 is 17.0. The van der Waals surface area contributed by atoms with Gasteiger partial charge >= 0.3 is 17.9 Å². The molecule has 0 amide bonds. The first-order valence-corrected chi connectivity index (χ1v) is 36.8. The fraction of sp³-hybridized carbons (Fsp3) is 0.907. The molecule has 6 heteroatoms. The zero-order chi connectivity index (χ0) is 58.5. The number of ether oxygens (including phenoxy) is 3. The van der Waals surface area contributed by atoms with Crippen molar-refractivity contribution in [3.05, 3.63) is 24.3 Å². The van der Waals surface area contributed by atoms with Crippen LogP contribution in [-0.2, 0) is 28.6 Å². The van der Waals surface area contributed by atoms with E-state index in [0.717, 1.165) is 64.2 Å². The molecule has 0 spiro atoms. The molecule has 0 rings (SSSR count). The summed E-state index contributed by atoms with van der Waals surface area (Å²) in [7, 11) is 0. The molecule has 0 saturated carbocycles. The van der Waals surface area contributed by atoms with Gasteiger partial charge in [0.2, 0.25) is 0 Å². The Morgan fingerprint density at radius 2 is 0.444 bits per heavy atom. The van der Waals surface area contributed by atoms with Crippen molar-refractivity contribution < 1.29 is 28.6 Å². The normalized spacial score (nSPS) is 12.1. The third kappa shape index (κ3) is 68.6. The molecule has 0 heterocycles. The lowest BCUT2D eigenvalue weighted by molar-refractivity contribution is -0.167. The van der Waals surface area contributed by atoms with Crippen LogP contribution < -0.4 is 0 Å². The minimum atomic E-state index is -0.766. The van der Waals surface area contributed by atoms with E-state index in [9.17, 15) is 14.4 Å². The van der Waals surface area contributed by atoms with E-state index < -0.39 is 6.10 Å². The monoisotopic (exact) mass is 1140 g/mol. The first-order chi connectivity index (χ1) is 40.0. The van der Waals surface area contributed by atoms with E-state index in [-0.39, 0.29) is 31.1 Å². The van der Waals surface area contributed by atoms with Gasteiger partial charge in [-0.2, -0.15) is 0 Å². The molecule has 0 saturated heterocycles. The number of unbranched alkanes of at least 4 members (excludes halogenated alkanes) is 54. The Kier molecular flexibility index (Phi) is 68.5. The van der Waals surface area contributed by atoms with Gasteiger partial charge in [-0.3, -0.25) is 14.4 Å². The largest absolute Gasteiger partial charge is 0.462 e. The number of carbonyl (C=O) groups excluding carboxylic acids is 3. The molecule has 478 valence electrons. The van der Waals surface area contributed by atoms with Crippen LogP contribution in [0.25, 0.3) is 0 Å². The smallest absolute Gasteiger partial charge is 0.306 e. The quantitative estimate of drug-likeness (QED) is 0.0261. The van der Waals surface area contributed by atoms with Gasteiger partial charge in [-0.05, 0) is 51.4 Å². The Morgan fingerprint density at radius 1 is 0.247 bits per heavy atom. The predicted molar refractivity (Wildman–Crippen MR) is 353 cm³/mol. The Balaban J connectivity index is 4.06. The van der Waals surface area contributed by atoms with Crippen LogP contribution in [0.1, 0.15) is 419 Å². The van der Waals surface area contributed by atoms with E-state index in [2.05, 4.69) is 45.1 Å². The second kappa shape index (κ2) is 70.4. The maximum absolute atomic E-state index is 12.9. The minimum Gasteiger partial charge on any atom is -0.462 e. The van der Waals surface area contributed by atoms with Crippen LogP contribution >= 0.6 is 0 Å². The maximum Gasteiger partial charge on any atom is 0.306 e. The highest BCUT2D eigenvalue weighted by atomic mass is 16.6. The highest BCUT2D eigenvalue weighted by molar-refractivity contribution is 5.71. The van der Waals surface area contributed by atoms with Crippen molar-refractivity contribution in [1.82, 2.24) is 0 Å². The number of carbonyl (C=O) groups is 3. The van der Waals surface area contributed by atoms with Gasteiger partial charge in [0, 0.05) is 19.3 Å². The first kappa shape index (κ1) is 78.9. The van der Waals surface area contributed by atoms with Crippen molar-refractivity contribution >= 4 is 17.9 Å². The Hall–Kier alpha value is -2.11. The van der Waals surface area contributed by atoms with E-state index in [1.807, 2.05) is 0 Å². The van der Waals surface area contributed by atoms with Crippen molar-refractivity contribution in [3.8, 4) is 0 Å². The second-order valence-corrected chi connectivity index (χ2v) is 25.2. The fourth-order valence-electron chi connectivity index (χ4n) is 11.4. The lowest BCUT2D eigenvalue weighted by Gasteiger charge is -2.18. The van der Waals surface area contributed by atoms with E-state index in [0.29, 0.717) is 19.3 Å². The molecule has 0 aromatic carbocycles. The van der Waals surface area contributed by atoms with Gasteiger partial charge < -0.3 is 14.2 Å². The zero-order valence-corrected chi connectivity index (χ0v) is 55.1. The molecule has 1 unspecified atom stereocenters. The van der Waals surface area contributed by atoms with Crippen LogP contribution in [0.4, 0.5) is 0 Å². The van der Waals surface area contributed by atoms with Crippen LogP contribution in [0.5, 0.6) is 0 Å². The van der Waals surface area contributed by atoms with E-state index in [4.69, 9.17) is 14.2 Å². The standard InChI is InChI=1S/C75H142O6/c1-4-7-10-13-16-19-21-23-25-27-29-31-33-35-36-37-38-40-41-43-45-47-49-51-53-56-59-62-65-68-74(77)80-71-72(70-79-73(76)67-64-61-58-55-18-15-12-9-6-3)81-75(78)69-66-63-60-57-54-52-50-48-46-44-42-39-34-32-30-28-26-24-22-20-17-14-11-8-5-2/h21,23,27,29,72H,4-20,22,24-26,28,30-71H2,1-3H3/b23-21-,29-27-. The number of hydrogen-bond donors (Lipinski definition) is 0. The molecule has 0 bridgehead atoms. The van der Waals surface area contributed by atoms with Crippen molar-refractivity contribution in [2.75, 3.05) is 13.2 Å². The minimum absolute atomic E-state index is 0.0638. The summed E-state index contributed by atoms with van der Waals surface area (Å²) in [4.78, 5) is 38.3. The predicted octanol–water partition coefficient (Wildman–Crippen LogP) is 25.3. The van der Waals surface area contributed by atoms with Gasteiger partial charge in [-0.1, -0.05) is 373 Å². The van der Waals surface area contributed by atoms with Gasteiger partial charge in [0.25, 0.3) is 0 Å². The van der Waals surface area contributed by atoms with Crippen molar-refractivity contribution in [1.29, 1.82) is 0 Å². The van der Waals surface area contributed by atoms with Crippen LogP contribution in [-0.4, -0.2) is 37.2 Å². The van der Waals surface area contributed by atoms with Crippen molar-refractivity contribution in [3.63, 3.8) is 0 Å². The summed E-state index contributed by atoms with van der Waals surface area (Å²) in [5.41, 5.74) is 0. The van der Waals surface area contributed by atoms with Crippen molar-refractivity contribution in [2.24, 2.45) is 0 Å². The fourth-order valence-corrected chi connectivity index (χ4v) is 11.4. The highest BCUT2D eigenvalue weighted by Crippen LogP contribution is 2.19. The van der Waals surface area contributed by atoms with Gasteiger partial charge in [0.15, 0.2) is 6.10 Å². The number of hydrogen-bond acceptors (Lipinski definition) is 6. The summed E-state index contributed by atoms with van der Waals surface area (Å²) in [6.45, 7) is 6.69. The molecule has 0 aliphatic heterocycles. The Labute approximate surface area is 506 Å². The summed E-state index contributed by atoms with van der Waals surface area (Å²) in [5, 5.41) is 0. The highest BCUT2D eigenvalue weighted by Gasteiger charge is 2.20. The number of allylic oxidation sites excluding steroid dienone is 4. The summed E-state index contributed by atoms with van der Waals surface area (Å²) in [5.74, 6) is -0.833. The Morgan fingerprint density at radius 3 is 0.679 bits per heavy atom. The van der Waals surface area contributed by atoms with E-state index in [1.165, 1.54) is 315 Å². The van der Waals surface area contributed by atoms with E-state index in [1.54, 1.807) is 0 Å². The van der Waals surface area contributed by atoms with Crippen molar-refractivity contribution in [2.45, 2.75) is 425 Å². The van der Waals surface area contributed by atoms with Crippen LogP contribution in [0.15, 0.2) is 24.3 Å². The Bertz CT molecular complexity index is 1310. The second-order valence-electron chi connectivity index (χ2n) is 25.2. The summed E-state index contributed by atoms with van der Waals surface area (Å²) in [6, 6.07) is 0. The molecule has 1 atom stereocenters. The van der Waals surface area contributed by atoms with Gasteiger partial charge in [0.05, 0.1) is 0 Å². The van der Waals surface area contributed by atoms with Crippen LogP contribution in [0.2, 0.25) is 0 Å². The van der Waals surface area contributed by atoms with E-state index >= 15 is 0 Å². The molecule has 0 N–H and O–H groups in total. The third-order valence-electron chi connectivity index (χ3n) is 17.0. The average Bonchev–Trinajstić information content (AvgIpc) is 3.47. The molecule has 6 nitrogen and oxygen atoms in total. The van der Waals surface area contributed by atoms with Gasteiger partial charge in [-0.25, -0.2) is 0 Å². The molecular formula is C75H142O6. The van der Waals surface area contributed by atoms with Crippen LogP contribution in [0.3, 0.4) is 0 Å². The lowest BCUT2D eigenvalue weighted by atomic mass is 10.0. The first-order valence-electron chi connectivity index (χ1n) is 36.8. The lowest BCUT2D eigenvalue weighted by Crippen LogP contribution is -2.30. The maximum atomic E-state index is 12.9. The van der Waals surface area contributed by atoms with Crippen LogP contribution in [0, 0.1) is 0 Å². The topological polar surface area (TPSA) is 78.9 Å². The SMILES string of the molecule is CCCCCCC/C=C\C/C=C\CCCCCCCCCCCCCCCCCCCC(=O)OCC(COC(=O)CCCCCCCCCCC)OC(=O)CCCCCCCCCCCCCCCCCCCCCCCCCCC. The molecular weight excluding hydrogens is 997 g/mol. The van der Waals surface area contributed by atoms with Gasteiger partial charge in [0.1, 0.15) is 13.2 Å². The summed E-state index contributed by atoms with van der Waals surface area (Å²) in [6.07, 6.45) is 86.7. The number of rotatable bonds is 69.